The number of benzene rings is 2. The molecule has 0 radical (unpaired) electrons. The molecular weight excluding hydrogens is 562 g/mol. The molecule has 0 saturated carbocycles. The Kier molecular flexibility index (Phi) is 7.92. The third-order valence-corrected chi connectivity index (χ3v) is 9.48. The number of methoxy groups -OCH3 is 3. The van der Waals surface area contributed by atoms with Gasteiger partial charge in [-0.3, -0.25) is 14.4 Å². The van der Waals surface area contributed by atoms with Gasteiger partial charge in [-0.25, -0.2) is 4.79 Å². The quantitative estimate of drug-likeness (QED) is 0.365. The summed E-state index contributed by atoms with van der Waals surface area (Å²) in [4.78, 5) is 58.3. The predicted octanol–water partition coefficient (Wildman–Crippen LogP) is 3.47. The zero-order chi connectivity index (χ0) is 31.0. The molecule has 2 aliphatic heterocycles. The van der Waals surface area contributed by atoms with Gasteiger partial charge in [0.2, 0.25) is 0 Å². The number of likely N-dealkylation sites (tertiary alicyclic amines) is 2. The first-order valence-electron chi connectivity index (χ1n) is 15.0. The molecule has 44 heavy (non-hydrogen) atoms. The molecule has 2 fully saturated rings. The van der Waals surface area contributed by atoms with Gasteiger partial charge in [0, 0.05) is 43.2 Å². The highest BCUT2D eigenvalue weighted by Gasteiger charge is 2.64. The van der Waals surface area contributed by atoms with Crippen LogP contribution in [0, 0.1) is 5.92 Å². The number of esters is 2. The van der Waals surface area contributed by atoms with Crippen molar-refractivity contribution < 1.29 is 33.4 Å². The highest BCUT2D eigenvalue weighted by atomic mass is 16.5. The number of aromatic nitrogens is 1. The summed E-state index contributed by atoms with van der Waals surface area (Å²) in [5.41, 5.74) is 1.92. The SMILES string of the molecule is COC(=O)Cn1c(C(=O)N2CCCC2)cc2c1C[C@H]1CN(C(=O)c3ccccc3)[C@@](Cc3ccc(OC)cc3)(C(=O)OC)[C@@H]21. The maximum absolute atomic E-state index is 14.2. The molecule has 0 bridgehead atoms. The molecule has 1 aliphatic carbocycles. The summed E-state index contributed by atoms with van der Waals surface area (Å²) < 4.78 is 17.7. The minimum atomic E-state index is -1.41. The monoisotopic (exact) mass is 599 g/mol. The van der Waals surface area contributed by atoms with Crippen LogP contribution in [0.5, 0.6) is 5.75 Å². The fourth-order valence-corrected chi connectivity index (χ4v) is 7.49. The van der Waals surface area contributed by atoms with E-state index in [9.17, 15) is 19.2 Å². The second kappa shape index (κ2) is 11.8. The highest BCUT2D eigenvalue weighted by molar-refractivity contribution is 6.00. The number of ether oxygens (including phenoxy) is 3. The van der Waals surface area contributed by atoms with E-state index < -0.39 is 23.4 Å². The number of amides is 2. The van der Waals surface area contributed by atoms with Gasteiger partial charge < -0.3 is 28.6 Å². The number of hydrogen-bond donors (Lipinski definition) is 0. The average molecular weight is 600 g/mol. The van der Waals surface area contributed by atoms with Crippen molar-refractivity contribution >= 4 is 23.8 Å². The molecule has 3 atom stereocenters. The average Bonchev–Trinajstić information content (AvgIpc) is 3.84. The number of rotatable bonds is 8. The van der Waals surface area contributed by atoms with Gasteiger partial charge in [-0.2, -0.15) is 0 Å². The van der Waals surface area contributed by atoms with Gasteiger partial charge in [-0.15, -0.1) is 0 Å². The first-order valence-corrected chi connectivity index (χ1v) is 15.0. The van der Waals surface area contributed by atoms with E-state index in [4.69, 9.17) is 14.2 Å². The van der Waals surface area contributed by atoms with Crippen LogP contribution in [0.2, 0.25) is 0 Å². The van der Waals surface area contributed by atoms with E-state index >= 15 is 0 Å². The molecule has 0 spiro atoms. The summed E-state index contributed by atoms with van der Waals surface area (Å²) in [6, 6.07) is 18.2. The smallest absolute Gasteiger partial charge is 0.332 e. The van der Waals surface area contributed by atoms with E-state index in [0.29, 0.717) is 43.1 Å². The zero-order valence-corrected chi connectivity index (χ0v) is 25.3. The Bertz CT molecular complexity index is 1580. The molecule has 3 aromatic rings. The molecule has 10 nitrogen and oxygen atoms in total. The largest absolute Gasteiger partial charge is 0.497 e. The van der Waals surface area contributed by atoms with Gasteiger partial charge in [0.15, 0.2) is 5.54 Å². The van der Waals surface area contributed by atoms with E-state index in [1.54, 1.807) is 45.7 Å². The van der Waals surface area contributed by atoms with Crippen molar-refractivity contribution in [2.24, 2.45) is 5.92 Å². The summed E-state index contributed by atoms with van der Waals surface area (Å²) in [7, 11) is 4.26. The molecule has 0 N–H and O–H groups in total. The van der Waals surface area contributed by atoms with Crippen LogP contribution in [0.4, 0.5) is 0 Å². The molecule has 2 aromatic carbocycles. The maximum Gasteiger partial charge on any atom is 0.332 e. The normalized spacial score (nSPS) is 22.0. The summed E-state index contributed by atoms with van der Waals surface area (Å²) in [5, 5.41) is 0. The minimum Gasteiger partial charge on any atom is -0.497 e. The zero-order valence-electron chi connectivity index (χ0n) is 25.3. The standard InChI is InChI=1S/C34H37N3O7/c1-42-25-13-11-22(12-14-25)19-34(33(41)44-3)30-24(20-37(34)31(39)23-9-5-4-6-10-23)17-27-26(30)18-28(36(27)21-29(38)43-2)32(40)35-15-7-8-16-35/h4-6,9-14,18,24,30H,7-8,15-17,19-21H2,1-3H3/t24-,30+,34+/m0/s1. The molecule has 10 heteroatoms. The number of carbonyl (C=O) groups is 4. The minimum absolute atomic E-state index is 0.115. The summed E-state index contributed by atoms with van der Waals surface area (Å²) in [6.07, 6.45) is 2.54. The Labute approximate surface area is 256 Å². The van der Waals surface area contributed by atoms with E-state index in [2.05, 4.69) is 0 Å². The molecule has 2 saturated heterocycles. The number of nitrogens with zero attached hydrogens (tertiary/aromatic N) is 3. The van der Waals surface area contributed by atoms with Crippen molar-refractivity contribution in [3.05, 3.63) is 88.7 Å². The Morgan fingerprint density at radius 2 is 1.59 bits per heavy atom. The Hall–Kier alpha value is -4.60. The lowest BCUT2D eigenvalue weighted by molar-refractivity contribution is -0.153. The third kappa shape index (κ3) is 4.82. The molecule has 0 unspecified atom stereocenters. The van der Waals surface area contributed by atoms with Crippen LogP contribution in [0.1, 0.15) is 56.4 Å². The molecule has 6 rings (SSSR count). The van der Waals surface area contributed by atoms with Crippen molar-refractivity contribution in [2.45, 2.75) is 43.7 Å². The first-order chi connectivity index (χ1) is 21.3. The van der Waals surface area contributed by atoms with Crippen LogP contribution >= 0.6 is 0 Å². The van der Waals surface area contributed by atoms with E-state index in [1.165, 1.54) is 14.2 Å². The van der Waals surface area contributed by atoms with Crippen molar-refractivity contribution in [1.29, 1.82) is 0 Å². The van der Waals surface area contributed by atoms with Crippen LogP contribution in [0.15, 0.2) is 60.7 Å². The lowest BCUT2D eigenvalue weighted by Crippen LogP contribution is -2.58. The fraction of sp³-hybridized carbons (Fsp3) is 0.412. The van der Waals surface area contributed by atoms with E-state index in [1.807, 2.05) is 36.4 Å². The Morgan fingerprint density at radius 1 is 0.886 bits per heavy atom. The second-order valence-electron chi connectivity index (χ2n) is 11.8. The summed E-state index contributed by atoms with van der Waals surface area (Å²) in [6.45, 7) is 1.51. The van der Waals surface area contributed by atoms with Crippen molar-refractivity contribution in [3.63, 3.8) is 0 Å². The van der Waals surface area contributed by atoms with Crippen LogP contribution in [-0.2, 0) is 38.4 Å². The molecule has 1 aromatic heterocycles. The number of fused-ring (bicyclic) bond motifs is 3. The number of hydrogen-bond acceptors (Lipinski definition) is 7. The van der Waals surface area contributed by atoms with Gasteiger partial charge in [0.25, 0.3) is 11.8 Å². The van der Waals surface area contributed by atoms with Gasteiger partial charge in [-0.1, -0.05) is 30.3 Å². The predicted molar refractivity (Wildman–Crippen MR) is 160 cm³/mol. The van der Waals surface area contributed by atoms with Crippen molar-refractivity contribution in [1.82, 2.24) is 14.4 Å². The van der Waals surface area contributed by atoms with Crippen LogP contribution in [0.25, 0.3) is 0 Å². The van der Waals surface area contributed by atoms with Crippen LogP contribution in [0.3, 0.4) is 0 Å². The maximum atomic E-state index is 14.2. The summed E-state index contributed by atoms with van der Waals surface area (Å²) >= 11 is 0. The van der Waals surface area contributed by atoms with Gasteiger partial charge in [-0.05, 0) is 66.6 Å². The van der Waals surface area contributed by atoms with Crippen LogP contribution < -0.4 is 4.74 Å². The molecule has 2 amide bonds. The van der Waals surface area contributed by atoms with Gasteiger partial charge >= 0.3 is 11.9 Å². The van der Waals surface area contributed by atoms with Crippen LogP contribution in [-0.4, -0.2) is 84.6 Å². The van der Waals surface area contributed by atoms with E-state index in [-0.39, 0.29) is 30.7 Å². The van der Waals surface area contributed by atoms with Crippen molar-refractivity contribution in [2.75, 3.05) is 41.0 Å². The fourth-order valence-electron chi connectivity index (χ4n) is 7.49. The Morgan fingerprint density at radius 3 is 2.23 bits per heavy atom. The topological polar surface area (TPSA) is 107 Å². The lowest BCUT2D eigenvalue weighted by atomic mass is 9.75. The summed E-state index contributed by atoms with van der Waals surface area (Å²) in [5.74, 6) is -1.32. The van der Waals surface area contributed by atoms with E-state index in [0.717, 1.165) is 29.7 Å². The van der Waals surface area contributed by atoms with Gasteiger partial charge in [0.05, 0.1) is 21.3 Å². The molecule has 3 aliphatic rings. The molecule has 230 valence electrons. The highest BCUT2D eigenvalue weighted by Crippen LogP contribution is 2.55. The molecule has 3 heterocycles. The first kappa shape index (κ1) is 29.5. The lowest BCUT2D eigenvalue weighted by Gasteiger charge is -2.40. The second-order valence-corrected chi connectivity index (χ2v) is 11.8. The molecular formula is C34H37N3O7. The Balaban J connectivity index is 1.52. The van der Waals surface area contributed by atoms with Crippen molar-refractivity contribution in [3.8, 4) is 5.75 Å². The van der Waals surface area contributed by atoms with Gasteiger partial charge in [0.1, 0.15) is 18.0 Å². The number of carbonyl (C=O) groups excluding carboxylic acids is 4. The third-order valence-electron chi connectivity index (χ3n) is 9.48.